The van der Waals surface area contributed by atoms with Gasteiger partial charge in [-0.2, -0.15) is 0 Å². The Hall–Kier alpha value is -2.89. The molecule has 12 nitrogen and oxygen atoms in total. The summed E-state index contributed by atoms with van der Waals surface area (Å²) >= 11 is 6.44. The van der Waals surface area contributed by atoms with E-state index in [2.05, 4.69) is 16.0 Å². The van der Waals surface area contributed by atoms with Crippen LogP contribution in [0, 0.1) is 28.6 Å². The molecular weight excluding hydrogens is 566 g/mol. The van der Waals surface area contributed by atoms with E-state index < -0.39 is 70.5 Å². The minimum atomic E-state index is -1.13. The van der Waals surface area contributed by atoms with E-state index in [4.69, 9.17) is 22.1 Å². The average Bonchev–Trinajstić information content (AvgIpc) is 3.73. The average molecular weight is 612 g/mol. The van der Waals surface area contributed by atoms with Crippen LogP contribution in [0.15, 0.2) is 0 Å². The molecule has 2 saturated carbocycles. The number of piperidine rings is 1. The van der Waals surface area contributed by atoms with Crippen molar-refractivity contribution in [1.29, 1.82) is 0 Å². The van der Waals surface area contributed by atoms with Gasteiger partial charge in [-0.25, -0.2) is 9.59 Å². The number of esters is 1. The smallest absolute Gasteiger partial charge is 0.329 e. The van der Waals surface area contributed by atoms with E-state index >= 15 is 0 Å². The zero-order valence-electron chi connectivity index (χ0n) is 25.8. The molecule has 0 bridgehead atoms. The van der Waals surface area contributed by atoms with Crippen molar-refractivity contribution in [3.63, 3.8) is 0 Å². The Morgan fingerprint density at radius 1 is 0.929 bits per heavy atom. The quantitative estimate of drug-likeness (QED) is 0.155. The zero-order valence-corrected chi connectivity index (χ0v) is 26.5. The molecule has 3 rings (SSSR count). The molecule has 2 unspecified atom stereocenters. The molecule has 13 heteroatoms. The molecule has 3 aliphatic rings. The summed E-state index contributed by atoms with van der Waals surface area (Å²) < 4.78 is 5.33. The van der Waals surface area contributed by atoms with E-state index in [1.54, 1.807) is 55.4 Å². The molecule has 7 atom stereocenters. The number of carbonyl (C=O) groups excluding carboxylic acids is 6. The van der Waals surface area contributed by atoms with Crippen LogP contribution in [-0.2, 0) is 28.7 Å². The van der Waals surface area contributed by atoms with Gasteiger partial charge in [-0.05, 0) is 42.9 Å². The second-order valence-electron chi connectivity index (χ2n) is 14.3. The molecule has 0 spiro atoms. The number of nitrogens with two attached hydrogens (primary N) is 1. The molecule has 2 aliphatic carbocycles. The Morgan fingerprint density at radius 2 is 1.48 bits per heavy atom. The number of primary amides is 1. The lowest BCUT2D eigenvalue weighted by atomic mass is 9.85. The first-order valence-electron chi connectivity index (χ1n) is 14.6. The third-order valence-electron chi connectivity index (χ3n) is 8.05. The lowest BCUT2D eigenvalue weighted by Crippen LogP contribution is -2.62. The number of hydrogen-bond donors (Lipinski definition) is 4. The highest BCUT2D eigenvalue weighted by Gasteiger charge is 2.65. The number of ketones is 1. The van der Waals surface area contributed by atoms with Crippen LogP contribution in [-0.4, -0.2) is 82.6 Å². The Bertz CT molecular complexity index is 1110. The molecule has 0 aromatic rings. The highest BCUT2D eigenvalue weighted by Crippen LogP contribution is 2.54. The molecule has 0 aromatic heterocycles. The van der Waals surface area contributed by atoms with Crippen LogP contribution in [0.3, 0.4) is 0 Å². The molecule has 1 heterocycles. The van der Waals surface area contributed by atoms with Crippen LogP contribution in [0.4, 0.5) is 4.79 Å². The number of nitrogens with zero attached hydrogens (tertiary/aromatic N) is 1. The predicted molar refractivity (Wildman–Crippen MR) is 155 cm³/mol. The Kier molecular flexibility index (Phi) is 9.91. The number of nitrogens with one attached hydrogen (secondary N) is 3. The second-order valence-corrected chi connectivity index (χ2v) is 14.8. The van der Waals surface area contributed by atoms with Crippen molar-refractivity contribution in [3.8, 4) is 0 Å². The summed E-state index contributed by atoms with van der Waals surface area (Å²) in [4.78, 5) is 79.1. The minimum absolute atomic E-state index is 0.120. The molecule has 0 aromatic carbocycles. The van der Waals surface area contributed by atoms with Crippen molar-refractivity contribution in [3.05, 3.63) is 0 Å². The maximum Gasteiger partial charge on any atom is 0.329 e. The number of alkyl halides is 1. The molecule has 5 amide bonds. The highest BCUT2D eigenvalue weighted by atomic mass is 35.5. The van der Waals surface area contributed by atoms with E-state index in [0.29, 0.717) is 6.42 Å². The first kappa shape index (κ1) is 33.6. The number of hydrogen-bond acceptors (Lipinski definition) is 7. The van der Waals surface area contributed by atoms with E-state index in [1.807, 2.05) is 0 Å². The van der Waals surface area contributed by atoms with Gasteiger partial charge >= 0.3 is 12.0 Å². The van der Waals surface area contributed by atoms with Crippen molar-refractivity contribution < 1.29 is 33.5 Å². The summed E-state index contributed by atoms with van der Waals surface area (Å²) in [6, 6.07) is -4.85. The van der Waals surface area contributed by atoms with Crippen LogP contribution < -0.4 is 21.7 Å². The van der Waals surface area contributed by atoms with Crippen molar-refractivity contribution in [2.45, 2.75) is 110 Å². The van der Waals surface area contributed by atoms with Gasteiger partial charge in [0.1, 0.15) is 18.1 Å². The SMILES string of the molecule is CC(C)OC(=O)[C@@H](NC(=O)N[C@H](C(=O)N1C[C@@H]2C(Cl)[C@@H]2[C@H]1C(=O)NC(CC1CC1)C(=O)C(N)=O)C(C)(C)C)C(C)(C)C. The number of carbonyl (C=O) groups is 6. The van der Waals surface area contributed by atoms with E-state index in [1.165, 1.54) is 4.90 Å². The topological polar surface area (TPSA) is 177 Å². The van der Waals surface area contributed by atoms with Crippen LogP contribution in [0.5, 0.6) is 0 Å². The van der Waals surface area contributed by atoms with Gasteiger partial charge in [-0.15, -0.1) is 11.6 Å². The largest absolute Gasteiger partial charge is 0.461 e. The molecule has 0 radical (unpaired) electrons. The first-order valence-corrected chi connectivity index (χ1v) is 15.0. The van der Waals surface area contributed by atoms with Crippen LogP contribution in [0.1, 0.15) is 74.7 Å². The number of urea groups is 1. The summed E-state index contributed by atoms with van der Waals surface area (Å²) in [6.45, 7) is 14.3. The normalized spacial score (nSPS) is 25.5. The third-order valence-corrected chi connectivity index (χ3v) is 8.66. The van der Waals surface area contributed by atoms with Gasteiger partial charge in [-0.1, -0.05) is 54.4 Å². The number of amides is 5. The molecule has 3 fully saturated rings. The molecule has 5 N–H and O–H groups in total. The van der Waals surface area contributed by atoms with E-state index in [-0.39, 0.29) is 35.8 Å². The van der Waals surface area contributed by atoms with Crippen LogP contribution in [0.25, 0.3) is 0 Å². The number of Topliss-reactive ketones (excluding diaryl/α,β-unsaturated/α-hetero) is 1. The van der Waals surface area contributed by atoms with Crippen molar-refractivity contribution >= 4 is 47.1 Å². The van der Waals surface area contributed by atoms with E-state index in [0.717, 1.165) is 12.8 Å². The Labute approximate surface area is 252 Å². The number of fused-ring (bicyclic) bond motifs is 1. The fourth-order valence-corrected chi connectivity index (χ4v) is 5.96. The fraction of sp³-hybridized carbons (Fsp3) is 0.793. The number of ether oxygens (including phenoxy) is 1. The van der Waals surface area contributed by atoms with Gasteiger partial charge < -0.3 is 31.3 Å². The Balaban J connectivity index is 1.79. The predicted octanol–water partition coefficient (Wildman–Crippen LogP) is 1.47. The van der Waals surface area contributed by atoms with Gasteiger partial charge in [0.15, 0.2) is 0 Å². The summed E-state index contributed by atoms with van der Waals surface area (Å²) in [6.07, 6.45) is 1.71. The number of rotatable bonds is 11. The summed E-state index contributed by atoms with van der Waals surface area (Å²) in [5, 5.41) is 7.74. The van der Waals surface area contributed by atoms with Crippen molar-refractivity contribution in [2.24, 2.45) is 34.3 Å². The highest BCUT2D eigenvalue weighted by molar-refractivity contribution is 6.37. The zero-order chi connectivity index (χ0) is 31.9. The van der Waals surface area contributed by atoms with Crippen LogP contribution in [0.2, 0.25) is 0 Å². The molecule has 236 valence electrons. The minimum Gasteiger partial charge on any atom is -0.461 e. The lowest BCUT2D eigenvalue weighted by molar-refractivity contribution is -0.152. The van der Waals surface area contributed by atoms with Gasteiger partial charge in [-0.3, -0.25) is 19.2 Å². The molecule has 1 aliphatic heterocycles. The van der Waals surface area contributed by atoms with Crippen molar-refractivity contribution in [2.75, 3.05) is 6.54 Å². The maximum absolute atomic E-state index is 14.0. The van der Waals surface area contributed by atoms with Gasteiger partial charge in [0.25, 0.3) is 5.91 Å². The number of likely N-dealkylation sites (tertiary alicyclic amines) is 1. The molecular formula is C29H46ClN5O7. The summed E-state index contributed by atoms with van der Waals surface area (Å²) in [5.74, 6) is -3.91. The van der Waals surface area contributed by atoms with Gasteiger partial charge in [0.2, 0.25) is 17.6 Å². The third kappa shape index (κ3) is 7.93. The molecule has 42 heavy (non-hydrogen) atoms. The maximum atomic E-state index is 14.0. The Morgan fingerprint density at radius 3 is 1.95 bits per heavy atom. The first-order chi connectivity index (χ1) is 19.2. The monoisotopic (exact) mass is 611 g/mol. The van der Waals surface area contributed by atoms with Gasteiger partial charge in [0.05, 0.1) is 12.1 Å². The van der Waals surface area contributed by atoms with E-state index in [9.17, 15) is 28.8 Å². The lowest BCUT2D eigenvalue weighted by Gasteiger charge is -2.37. The molecule has 1 saturated heterocycles. The number of halogens is 1. The fourth-order valence-electron chi connectivity index (χ4n) is 5.47. The van der Waals surface area contributed by atoms with Gasteiger partial charge in [0, 0.05) is 17.8 Å². The standard InChI is InChI=1S/C29H46ClN5O7/c1-13(2)42-26(40)22(29(6,7)8)34-27(41)33-21(28(3,4)5)25(39)35-12-15-17(18(15)30)19(35)24(38)32-16(11-14-9-10-14)20(36)23(31)37/h13-19,21-22H,9-12H2,1-8H3,(H2,31,37)(H,32,38)(H2,33,34,41)/t15-,16?,17+,18?,19-,21+,22+/m0/s1. The summed E-state index contributed by atoms with van der Waals surface area (Å²) in [5.41, 5.74) is 3.77. The second kappa shape index (κ2) is 12.4. The van der Waals surface area contributed by atoms with Crippen LogP contribution >= 0.6 is 11.6 Å². The summed E-state index contributed by atoms with van der Waals surface area (Å²) in [7, 11) is 0. The van der Waals surface area contributed by atoms with Crippen molar-refractivity contribution in [1.82, 2.24) is 20.9 Å².